The average molecular weight is 577 g/mol. The smallest absolute Gasteiger partial charge is 0.326 e. The number of hydrogen-bond acceptors (Lipinski definition) is 5. The van der Waals surface area contributed by atoms with E-state index < -0.39 is 23.2 Å². The Labute approximate surface area is 252 Å². The first-order valence-corrected chi connectivity index (χ1v) is 15.1. The molecule has 4 aromatic carbocycles. The molecule has 0 spiro atoms. The minimum absolute atomic E-state index is 0.180. The lowest BCUT2D eigenvalue weighted by molar-refractivity contribution is -0.157. The molecule has 0 saturated carbocycles. The summed E-state index contributed by atoms with van der Waals surface area (Å²) >= 11 is 1.60. The molecule has 0 aromatic heterocycles. The molecule has 0 unspecified atom stereocenters. The minimum atomic E-state index is -0.834. The van der Waals surface area contributed by atoms with Crippen LogP contribution in [0.25, 0.3) is 4.91 Å². The number of hydrogen-bond donors (Lipinski definition) is 1. The fraction of sp³-hybridized carbons (Fsp3) is 0.222. The number of benzene rings is 4. The van der Waals surface area contributed by atoms with Gasteiger partial charge in [0, 0.05) is 16.9 Å². The molecule has 0 bridgehead atoms. The SMILES string of the molecule is CC(C)(C)OC(=O)CN1C=C(c2ccccc2)SC[C@H](NC(c2ccccc2)(c2ccccc2)c2ccccc2)C1=O. The Morgan fingerprint density at radius 2 is 1.24 bits per heavy atom. The van der Waals surface area contributed by atoms with Crippen LogP contribution in [-0.4, -0.2) is 40.7 Å². The van der Waals surface area contributed by atoms with E-state index in [1.807, 2.05) is 106 Å². The lowest BCUT2D eigenvalue weighted by Gasteiger charge is -2.40. The number of thioether (sulfide) groups is 1. The zero-order valence-corrected chi connectivity index (χ0v) is 25.0. The monoisotopic (exact) mass is 576 g/mol. The van der Waals surface area contributed by atoms with Gasteiger partial charge < -0.3 is 9.64 Å². The van der Waals surface area contributed by atoms with Crippen molar-refractivity contribution in [1.82, 2.24) is 10.2 Å². The number of carbonyl (C=O) groups is 2. The number of amides is 1. The second-order valence-corrected chi connectivity index (χ2v) is 12.3. The van der Waals surface area contributed by atoms with Gasteiger partial charge in [-0.15, -0.1) is 11.8 Å². The Kier molecular flexibility index (Phi) is 8.95. The number of ether oxygens (including phenoxy) is 1. The molecule has 214 valence electrons. The molecule has 0 aliphatic carbocycles. The van der Waals surface area contributed by atoms with Gasteiger partial charge in [0.15, 0.2) is 0 Å². The first-order valence-electron chi connectivity index (χ1n) is 14.1. The Morgan fingerprint density at radius 3 is 1.69 bits per heavy atom. The predicted molar refractivity (Wildman–Crippen MR) is 171 cm³/mol. The van der Waals surface area contributed by atoms with Crippen molar-refractivity contribution in [3.05, 3.63) is 150 Å². The fourth-order valence-corrected chi connectivity index (χ4v) is 6.34. The Bertz CT molecular complexity index is 1420. The van der Waals surface area contributed by atoms with Crippen molar-refractivity contribution < 1.29 is 14.3 Å². The van der Waals surface area contributed by atoms with Gasteiger partial charge in [-0.1, -0.05) is 121 Å². The van der Waals surface area contributed by atoms with Crippen molar-refractivity contribution in [2.75, 3.05) is 12.3 Å². The largest absolute Gasteiger partial charge is 0.459 e. The lowest BCUT2D eigenvalue weighted by Crippen LogP contribution is -2.56. The molecule has 1 aliphatic rings. The van der Waals surface area contributed by atoms with Gasteiger partial charge in [-0.3, -0.25) is 14.9 Å². The van der Waals surface area contributed by atoms with Crippen LogP contribution in [0.1, 0.15) is 43.0 Å². The average Bonchev–Trinajstić information content (AvgIpc) is 3.15. The number of carbonyl (C=O) groups excluding carboxylic acids is 2. The second kappa shape index (κ2) is 12.8. The number of nitrogens with one attached hydrogen (secondary N) is 1. The van der Waals surface area contributed by atoms with Gasteiger partial charge in [0.05, 0.1) is 11.6 Å². The summed E-state index contributed by atoms with van der Waals surface area (Å²) < 4.78 is 5.63. The van der Waals surface area contributed by atoms with Crippen molar-refractivity contribution in [2.24, 2.45) is 0 Å². The van der Waals surface area contributed by atoms with E-state index in [9.17, 15) is 9.59 Å². The molecule has 1 amide bonds. The molecule has 1 aliphatic heterocycles. The summed E-state index contributed by atoms with van der Waals surface area (Å²) in [4.78, 5) is 29.8. The van der Waals surface area contributed by atoms with Gasteiger partial charge >= 0.3 is 5.97 Å². The van der Waals surface area contributed by atoms with Crippen LogP contribution in [0.15, 0.2) is 128 Å². The summed E-state index contributed by atoms with van der Waals surface area (Å²) in [5.41, 5.74) is 2.54. The fourth-order valence-electron chi connectivity index (χ4n) is 5.26. The highest BCUT2D eigenvalue weighted by Gasteiger charge is 2.41. The first-order chi connectivity index (χ1) is 20.3. The van der Waals surface area contributed by atoms with E-state index in [-0.39, 0.29) is 12.5 Å². The van der Waals surface area contributed by atoms with E-state index in [1.165, 1.54) is 4.90 Å². The molecule has 1 N–H and O–H groups in total. The van der Waals surface area contributed by atoms with Crippen molar-refractivity contribution in [3.8, 4) is 0 Å². The number of esters is 1. The minimum Gasteiger partial charge on any atom is -0.459 e. The van der Waals surface area contributed by atoms with Crippen LogP contribution in [0, 0.1) is 0 Å². The highest BCUT2D eigenvalue weighted by Crippen LogP contribution is 2.39. The summed E-state index contributed by atoms with van der Waals surface area (Å²) in [5, 5.41) is 3.83. The van der Waals surface area contributed by atoms with Gasteiger partial charge in [-0.2, -0.15) is 0 Å². The van der Waals surface area contributed by atoms with Crippen molar-refractivity contribution in [3.63, 3.8) is 0 Å². The maximum atomic E-state index is 14.4. The van der Waals surface area contributed by atoms with Gasteiger partial charge in [0.2, 0.25) is 5.91 Å². The Hall–Kier alpha value is -4.13. The zero-order chi connectivity index (χ0) is 29.6. The third kappa shape index (κ3) is 6.67. The molecule has 6 heteroatoms. The maximum Gasteiger partial charge on any atom is 0.326 e. The molecule has 5 nitrogen and oxygen atoms in total. The quantitative estimate of drug-likeness (QED) is 0.184. The molecule has 1 heterocycles. The third-order valence-electron chi connectivity index (χ3n) is 7.05. The standard InChI is InChI=1S/C36H36N2O3S/c1-35(2,3)41-33(39)25-38-24-32(27-16-8-4-9-17-27)42-26-31(34(38)40)37-36(28-18-10-5-11-19-28,29-20-12-6-13-21-29)30-22-14-7-15-23-30/h4-24,31,37H,25-26H2,1-3H3/t31-/m0/s1. The number of rotatable bonds is 8. The van der Waals surface area contributed by atoms with Gasteiger partial charge in [0.25, 0.3) is 0 Å². The highest BCUT2D eigenvalue weighted by molar-refractivity contribution is 8.08. The maximum absolute atomic E-state index is 14.4. The molecule has 0 radical (unpaired) electrons. The summed E-state index contributed by atoms with van der Waals surface area (Å²) in [6.45, 7) is 5.30. The summed E-state index contributed by atoms with van der Waals surface area (Å²) in [7, 11) is 0. The second-order valence-electron chi connectivity index (χ2n) is 11.3. The van der Waals surface area contributed by atoms with Crippen LogP contribution >= 0.6 is 11.8 Å². The Morgan fingerprint density at radius 1 is 0.786 bits per heavy atom. The lowest BCUT2D eigenvalue weighted by atomic mass is 9.76. The molecule has 1 atom stereocenters. The van der Waals surface area contributed by atoms with Gasteiger partial charge in [-0.25, -0.2) is 0 Å². The predicted octanol–water partition coefficient (Wildman–Crippen LogP) is 6.85. The molecule has 5 rings (SSSR count). The highest BCUT2D eigenvalue weighted by atomic mass is 32.2. The van der Waals surface area contributed by atoms with Crippen LogP contribution in [0.4, 0.5) is 0 Å². The van der Waals surface area contributed by atoms with Crippen LogP contribution in [0.5, 0.6) is 0 Å². The van der Waals surface area contributed by atoms with Gasteiger partial charge in [-0.05, 0) is 43.0 Å². The molecule has 0 fully saturated rings. The van der Waals surface area contributed by atoms with E-state index in [2.05, 4.69) is 41.7 Å². The molecule has 42 heavy (non-hydrogen) atoms. The van der Waals surface area contributed by atoms with Crippen LogP contribution in [0.3, 0.4) is 0 Å². The van der Waals surface area contributed by atoms with Crippen LogP contribution in [0.2, 0.25) is 0 Å². The third-order valence-corrected chi connectivity index (χ3v) is 8.20. The van der Waals surface area contributed by atoms with E-state index in [0.29, 0.717) is 5.75 Å². The summed E-state index contributed by atoms with van der Waals surface area (Å²) in [5.74, 6) is -0.171. The van der Waals surface area contributed by atoms with E-state index >= 15 is 0 Å². The Balaban J connectivity index is 1.60. The van der Waals surface area contributed by atoms with E-state index in [4.69, 9.17) is 4.74 Å². The van der Waals surface area contributed by atoms with Crippen molar-refractivity contribution in [1.29, 1.82) is 0 Å². The van der Waals surface area contributed by atoms with Crippen molar-refractivity contribution >= 4 is 28.5 Å². The topological polar surface area (TPSA) is 58.6 Å². The summed E-state index contributed by atoms with van der Waals surface area (Å²) in [6.07, 6.45) is 1.79. The summed E-state index contributed by atoms with van der Waals surface area (Å²) in [6, 6.07) is 40.0. The van der Waals surface area contributed by atoms with E-state index in [1.54, 1.807) is 18.0 Å². The number of nitrogens with zero attached hydrogens (tertiary/aromatic N) is 1. The van der Waals surface area contributed by atoms with Gasteiger partial charge in [0.1, 0.15) is 12.1 Å². The zero-order valence-electron chi connectivity index (χ0n) is 24.2. The molecule has 4 aromatic rings. The first kappa shape index (κ1) is 29.4. The molecular formula is C36H36N2O3S. The normalized spacial score (nSPS) is 16.0. The van der Waals surface area contributed by atoms with E-state index in [0.717, 1.165) is 27.2 Å². The molecule has 0 saturated heterocycles. The van der Waals surface area contributed by atoms with Crippen LogP contribution < -0.4 is 5.32 Å². The molecular weight excluding hydrogens is 540 g/mol. The van der Waals surface area contributed by atoms with Crippen molar-refractivity contribution in [2.45, 2.75) is 38.0 Å². The van der Waals surface area contributed by atoms with Crippen LogP contribution in [-0.2, 0) is 19.9 Å².